The summed E-state index contributed by atoms with van der Waals surface area (Å²) in [6, 6.07) is 1.63. The summed E-state index contributed by atoms with van der Waals surface area (Å²) in [5.74, 6) is -4.97. The summed E-state index contributed by atoms with van der Waals surface area (Å²) in [7, 11) is 0. The summed E-state index contributed by atoms with van der Waals surface area (Å²) < 4.78 is 39.3. The van der Waals surface area contributed by atoms with Crippen LogP contribution in [-0.4, -0.2) is 42.9 Å². The van der Waals surface area contributed by atoms with Crippen molar-refractivity contribution in [2.75, 3.05) is 31.5 Å². The first-order chi connectivity index (χ1) is 11.4. The van der Waals surface area contributed by atoms with Gasteiger partial charge < -0.3 is 10.6 Å². The first kappa shape index (κ1) is 18.3. The van der Waals surface area contributed by atoms with E-state index in [1.54, 1.807) is 0 Å². The SMILES string of the molecule is C[C@H]1CCCN(CC(=O)NCC(=O)Nc2ccc(F)c(F)c2F)C1. The predicted molar refractivity (Wildman–Crippen MR) is 82.8 cm³/mol. The largest absolute Gasteiger partial charge is 0.346 e. The number of piperidine rings is 1. The number of nitrogens with one attached hydrogen (secondary N) is 2. The van der Waals surface area contributed by atoms with Crippen LogP contribution in [0.3, 0.4) is 0 Å². The predicted octanol–water partition coefficient (Wildman–Crippen LogP) is 1.89. The Balaban J connectivity index is 1.78. The van der Waals surface area contributed by atoms with Crippen LogP contribution in [0.15, 0.2) is 12.1 Å². The van der Waals surface area contributed by atoms with Gasteiger partial charge in [-0.25, -0.2) is 13.2 Å². The van der Waals surface area contributed by atoms with Crippen molar-refractivity contribution in [3.05, 3.63) is 29.6 Å². The number of amides is 2. The van der Waals surface area contributed by atoms with E-state index in [-0.39, 0.29) is 19.0 Å². The second kappa shape index (κ2) is 8.14. The van der Waals surface area contributed by atoms with Crippen LogP contribution in [0, 0.1) is 23.4 Å². The highest BCUT2D eigenvalue weighted by Gasteiger charge is 2.19. The molecule has 1 heterocycles. The maximum Gasteiger partial charge on any atom is 0.243 e. The molecule has 0 spiro atoms. The Morgan fingerprint density at radius 2 is 1.96 bits per heavy atom. The lowest BCUT2D eigenvalue weighted by molar-refractivity contribution is -0.125. The van der Waals surface area contributed by atoms with Gasteiger partial charge in [0.2, 0.25) is 11.8 Å². The van der Waals surface area contributed by atoms with Crippen LogP contribution < -0.4 is 10.6 Å². The van der Waals surface area contributed by atoms with Crippen LogP contribution in [0.1, 0.15) is 19.8 Å². The van der Waals surface area contributed by atoms with E-state index in [1.165, 1.54) is 0 Å². The highest BCUT2D eigenvalue weighted by Crippen LogP contribution is 2.19. The molecule has 1 aromatic carbocycles. The summed E-state index contributed by atoms with van der Waals surface area (Å²) in [5.41, 5.74) is -0.474. The summed E-state index contributed by atoms with van der Waals surface area (Å²) in [6.45, 7) is 3.61. The maximum absolute atomic E-state index is 13.4. The summed E-state index contributed by atoms with van der Waals surface area (Å²) in [6.07, 6.45) is 2.17. The van der Waals surface area contributed by atoms with E-state index in [2.05, 4.69) is 17.6 Å². The molecule has 1 aromatic rings. The van der Waals surface area contributed by atoms with Gasteiger partial charge in [0.25, 0.3) is 0 Å². The third-order valence-electron chi connectivity index (χ3n) is 3.86. The Morgan fingerprint density at radius 3 is 2.67 bits per heavy atom. The number of carbonyl (C=O) groups excluding carboxylic acids is 2. The average Bonchev–Trinajstić information content (AvgIpc) is 2.53. The van der Waals surface area contributed by atoms with Crippen molar-refractivity contribution in [2.24, 2.45) is 5.92 Å². The van der Waals surface area contributed by atoms with Crippen molar-refractivity contribution in [3.63, 3.8) is 0 Å². The van der Waals surface area contributed by atoms with Crippen LogP contribution in [0.2, 0.25) is 0 Å². The molecule has 0 unspecified atom stereocenters. The van der Waals surface area contributed by atoms with Gasteiger partial charge in [0.05, 0.1) is 18.8 Å². The van der Waals surface area contributed by atoms with Gasteiger partial charge >= 0.3 is 0 Å². The van der Waals surface area contributed by atoms with Gasteiger partial charge in [0.1, 0.15) is 0 Å². The van der Waals surface area contributed by atoms with Crippen molar-refractivity contribution in [1.82, 2.24) is 10.2 Å². The van der Waals surface area contributed by atoms with Crippen molar-refractivity contribution in [3.8, 4) is 0 Å². The fourth-order valence-electron chi connectivity index (χ4n) is 2.69. The number of hydrogen-bond acceptors (Lipinski definition) is 3. The number of benzene rings is 1. The van der Waals surface area contributed by atoms with Crippen LogP contribution in [-0.2, 0) is 9.59 Å². The lowest BCUT2D eigenvalue weighted by Crippen LogP contribution is -2.43. The minimum absolute atomic E-state index is 0.192. The molecule has 1 atom stereocenters. The molecule has 24 heavy (non-hydrogen) atoms. The Morgan fingerprint density at radius 1 is 1.21 bits per heavy atom. The number of anilines is 1. The van der Waals surface area contributed by atoms with Gasteiger partial charge in [-0.15, -0.1) is 0 Å². The first-order valence-corrected chi connectivity index (χ1v) is 7.79. The monoisotopic (exact) mass is 343 g/mol. The normalized spacial score (nSPS) is 18.2. The van der Waals surface area contributed by atoms with Crippen molar-refractivity contribution < 1.29 is 22.8 Å². The fraction of sp³-hybridized carbons (Fsp3) is 0.500. The van der Waals surface area contributed by atoms with E-state index in [1.807, 2.05) is 4.90 Å². The van der Waals surface area contributed by atoms with E-state index < -0.39 is 29.0 Å². The summed E-state index contributed by atoms with van der Waals surface area (Å²) >= 11 is 0. The molecule has 5 nitrogen and oxygen atoms in total. The minimum atomic E-state index is -1.66. The average molecular weight is 343 g/mol. The number of nitrogens with zero attached hydrogens (tertiary/aromatic N) is 1. The standard InChI is InChI=1S/C16H20F3N3O2/c1-10-3-2-6-22(8-10)9-14(24)20-7-13(23)21-12-5-4-11(17)15(18)16(12)19/h4-5,10H,2-3,6-9H2,1H3,(H,20,24)(H,21,23)/t10-/m0/s1. The molecule has 0 radical (unpaired) electrons. The Labute approximate surface area is 138 Å². The molecule has 2 N–H and O–H groups in total. The quantitative estimate of drug-likeness (QED) is 0.803. The Bertz CT molecular complexity index is 625. The minimum Gasteiger partial charge on any atom is -0.346 e. The van der Waals surface area contributed by atoms with Gasteiger partial charge in [0.15, 0.2) is 17.5 Å². The van der Waals surface area contributed by atoms with Crippen molar-refractivity contribution in [1.29, 1.82) is 0 Å². The molecule has 1 aliphatic rings. The molecular formula is C16H20F3N3O2. The zero-order valence-corrected chi connectivity index (χ0v) is 13.4. The zero-order chi connectivity index (χ0) is 17.7. The molecule has 1 aliphatic heterocycles. The molecule has 1 fully saturated rings. The van der Waals surface area contributed by atoms with Gasteiger partial charge in [0, 0.05) is 6.54 Å². The molecule has 132 valence electrons. The number of likely N-dealkylation sites (tertiary alicyclic amines) is 1. The summed E-state index contributed by atoms with van der Waals surface area (Å²) in [5, 5.41) is 4.52. The molecular weight excluding hydrogens is 323 g/mol. The first-order valence-electron chi connectivity index (χ1n) is 7.79. The maximum atomic E-state index is 13.4. The molecule has 0 aliphatic carbocycles. The third kappa shape index (κ3) is 4.95. The van der Waals surface area contributed by atoms with Gasteiger partial charge in [-0.2, -0.15) is 0 Å². The number of rotatable bonds is 5. The number of carbonyl (C=O) groups is 2. The number of hydrogen-bond donors (Lipinski definition) is 2. The molecule has 2 rings (SSSR count). The second-order valence-electron chi connectivity index (χ2n) is 6.03. The molecule has 0 aromatic heterocycles. The molecule has 2 amide bonds. The van der Waals surface area contributed by atoms with E-state index in [0.29, 0.717) is 12.0 Å². The third-order valence-corrected chi connectivity index (χ3v) is 3.86. The van der Waals surface area contributed by atoms with Crippen LogP contribution in [0.5, 0.6) is 0 Å². The molecule has 0 bridgehead atoms. The fourth-order valence-corrected chi connectivity index (χ4v) is 2.69. The molecule has 0 saturated carbocycles. The smallest absolute Gasteiger partial charge is 0.243 e. The Kier molecular flexibility index (Phi) is 6.19. The highest BCUT2D eigenvalue weighted by molar-refractivity contribution is 5.94. The van der Waals surface area contributed by atoms with Crippen molar-refractivity contribution in [2.45, 2.75) is 19.8 Å². The second-order valence-corrected chi connectivity index (χ2v) is 6.03. The van der Waals surface area contributed by atoms with E-state index >= 15 is 0 Å². The molecule has 8 heteroatoms. The topological polar surface area (TPSA) is 61.4 Å². The van der Waals surface area contributed by atoms with Crippen molar-refractivity contribution >= 4 is 17.5 Å². The van der Waals surface area contributed by atoms with E-state index in [9.17, 15) is 22.8 Å². The summed E-state index contributed by atoms with van der Waals surface area (Å²) in [4.78, 5) is 25.5. The lowest BCUT2D eigenvalue weighted by Gasteiger charge is -2.30. The number of halogens is 3. The Hall–Kier alpha value is -2.09. The van der Waals surface area contributed by atoms with E-state index in [0.717, 1.165) is 32.0 Å². The van der Waals surface area contributed by atoms with Crippen LogP contribution in [0.25, 0.3) is 0 Å². The van der Waals surface area contributed by atoms with Crippen LogP contribution in [0.4, 0.5) is 18.9 Å². The van der Waals surface area contributed by atoms with Gasteiger partial charge in [-0.1, -0.05) is 6.92 Å². The van der Waals surface area contributed by atoms with Gasteiger partial charge in [-0.3, -0.25) is 14.5 Å². The highest BCUT2D eigenvalue weighted by atomic mass is 19.2. The van der Waals surface area contributed by atoms with E-state index in [4.69, 9.17) is 0 Å². The lowest BCUT2D eigenvalue weighted by atomic mass is 10.0. The zero-order valence-electron chi connectivity index (χ0n) is 13.4. The molecule has 1 saturated heterocycles. The van der Waals surface area contributed by atoms with Gasteiger partial charge in [-0.05, 0) is 37.4 Å². The van der Waals surface area contributed by atoms with Crippen LogP contribution >= 0.6 is 0 Å².